The summed E-state index contributed by atoms with van der Waals surface area (Å²) in [6, 6.07) is 5.85. The van der Waals surface area contributed by atoms with Crippen molar-refractivity contribution in [2.75, 3.05) is 13.2 Å². The first kappa shape index (κ1) is 16.9. The second-order valence-corrected chi connectivity index (χ2v) is 6.77. The van der Waals surface area contributed by atoms with Crippen LogP contribution < -0.4 is 11.3 Å². The van der Waals surface area contributed by atoms with Crippen LogP contribution in [0.15, 0.2) is 35.3 Å². The molecule has 7 nitrogen and oxygen atoms in total. The number of aromatic amines is 1. The summed E-state index contributed by atoms with van der Waals surface area (Å²) in [5, 5.41) is 8.99. The summed E-state index contributed by atoms with van der Waals surface area (Å²) in [5.74, 6) is 0.0716. The van der Waals surface area contributed by atoms with E-state index in [4.69, 9.17) is 10.5 Å². The van der Waals surface area contributed by atoms with Crippen molar-refractivity contribution >= 4 is 10.9 Å². The van der Waals surface area contributed by atoms with Gasteiger partial charge in [0.05, 0.1) is 30.0 Å². The van der Waals surface area contributed by atoms with Crippen LogP contribution in [0.3, 0.4) is 0 Å². The number of ether oxygens (including phenoxy) is 1. The van der Waals surface area contributed by atoms with E-state index in [2.05, 4.69) is 15.3 Å². The summed E-state index contributed by atoms with van der Waals surface area (Å²) in [6.07, 6.45) is 3.60. The van der Waals surface area contributed by atoms with Gasteiger partial charge in [0, 0.05) is 18.8 Å². The predicted octanol–water partition coefficient (Wildman–Crippen LogP) is 1.73. The molecule has 2 atom stereocenters. The normalized spacial score (nSPS) is 18.5. The average Bonchev–Trinajstić information content (AvgIpc) is 3.27. The van der Waals surface area contributed by atoms with Crippen molar-refractivity contribution in [1.82, 2.24) is 20.0 Å². The molecule has 3 N–H and O–H groups in total. The summed E-state index contributed by atoms with van der Waals surface area (Å²) in [7, 11) is 0. The van der Waals surface area contributed by atoms with Crippen LogP contribution in [0.4, 0.5) is 4.39 Å². The zero-order valence-corrected chi connectivity index (χ0v) is 14.2. The molecule has 0 saturated carbocycles. The molecule has 3 heterocycles. The van der Waals surface area contributed by atoms with Crippen molar-refractivity contribution in [1.29, 1.82) is 0 Å². The first-order valence-corrected chi connectivity index (χ1v) is 8.63. The van der Waals surface area contributed by atoms with Gasteiger partial charge in [-0.05, 0) is 48.4 Å². The van der Waals surface area contributed by atoms with Crippen LogP contribution in [0.25, 0.3) is 10.9 Å². The Morgan fingerprint density at radius 1 is 1.42 bits per heavy atom. The monoisotopic (exact) mass is 357 g/mol. The number of halogens is 1. The van der Waals surface area contributed by atoms with E-state index in [1.807, 2.05) is 0 Å². The minimum absolute atomic E-state index is 0.201. The lowest BCUT2D eigenvalue weighted by molar-refractivity contribution is 0.182. The summed E-state index contributed by atoms with van der Waals surface area (Å²) in [4.78, 5) is 14.9. The lowest BCUT2D eigenvalue weighted by atomic mass is 9.98. The van der Waals surface area contributed by atoms with Crippen LogP contribution in [0.1, 0.15) is 30.1 Å². The molecule has 8 heteroatoms. The number of rotatable bonds is 5. The highest BCUT2D eigenvalue weighted by Gasteiger charge is 2.21. The lowest BCUT2D eigenvalue weighted by Crippen LogP contribution is -2.17. The zero-order valence-electron chi connectivity index (χ0n) is 14.2. The number of H-pyrrole nitrogens is 1. The SMILES string of the molecule is NC(CC1CCOC1)c1cn(Cc2cc3ccc(F)cc3[nH]c2=O)nn1. The maximum absolute atomic E-state index is 13.3. The fraction of sp³-hybridized carbons (Fsp3) is 0.389. The van der Waals surface area contributed by atoms with E-state index in [1.165, 1.54) is 12.1 Å². The van der Waals surface area contributed by atoms with Crippen LogP contribution in [0.5, 0.6) is 0 Å². The Labute approximate surface area is 149 Å². The molecule has 4 rings (SSSR count). The van der Waals surface area contributed by atoms with Crippen molar-refractivity contribution in [3.8, 4) is 0 Å². The van der Waals surface area contributed by atoms with Gasteiger partial charge in [0.2, 0.25) is 0 Å². The third-order valence-electron chi connectivity index (χ3n) is 4.76. The van der Waals surface area contributed by atoms with Gasteiger partial charge in [0.25, 0.3) is 5.56 Å². The minimum atomic E-state index is -0.386. The molecule has 26 heavy (non-hydrogen) atoms. The Kier molecular flexibility index (Phi) is 4.52. The molecule has 1 aromatic carbocycles. The Morgan fingerprint density at radius 2 is 2.31 bits per heavy atom. The Morgan fingerprint density at radius 3 is 3.12 bits per heavy atom. The highest BCUT2D eigenvalue weighted by Crippen LogP contribution is 2.23. The second kappa shape index (κ2) is 6.97. The van der Waals surface area contributed by atoms with E-state index in [0.717, 1.165) is 31.4 Å². The topological polar surface area (TPSA) is 98.8 Å². The predicted molar refractivity (Wildman–Crippen MR) is 94.1 cm³/mol. The standard InChI is InChI=1S/C18H20FN5O2/c19-14-2-1-12-6-13(18(25)21-16(12)7-14)8-24-9-17(22-23-24)15(20)5-11-3-4-26-10-11/h1-2,6-7,9,11,15H,3-5,8,10,20H2,(H,21,25). The summed E-state index contributed by atoms with van der Waals surface area (Å²) < 4.78 is 20.2. The minimum Gasteiger partial charge on any atom is -0.381 e. The molecule has 1 fully saturated rings. The Bertz CT molecular complexity index is 977. The quantitative estimate of drug-likeness (QED) is 0.725. The first-order chi connectivity index (χ1) is 12.6. The number of nitrogens with one attached hydrogen (secondary N) is 1. The van der Waals surface area contributed by atoms with Gasteiger partial charge in [-0.25, -0.2) is 9.07 Å². The molecule has 0 amide bonds. The van der Waals surface area contributed by atoms with E-state index in [1.54, 1.807) is 23.0 Å². The van der Waals surface area contributed by atoms with Crippen LogP contribution in [-0.2, 0) is 11.3 Å². The second-order valence-electron chi connectivity index (χ2n) is 6.77. The first-order valence-electron chi connectivity index (χ1n) is 8.63. The van der Waals surface area contributed by atoms with Crippen molar-refractivity contribution in [3.63, 3.8) is 0 Å². The molecular formula is C18H20FN5O2. The van der Waals surface area contributed by atoms with Gasteiger partial charge in [-0.3, -0.25) is 4.79 Å². The van der Waals surface area contributed by atoms with E-state index < -0.39 is 0 Å². The van der Waals surface area contributed by atoms with Crippen LogP contribution >= 0.6 is 0 Å². The Balaban J connectivity index is 1.51. The number of hydrogen-bond donors (Lipinski definition) is 2. The van der Waals surface area contributed by atoms with Gasteiger partial charge in [0.15, 0.2) is 0 Å². The van der Waals surface area contributed by atoms with Crippen molar-refractivity contribution in [2.24, 2.45) is 11.7 Å². The molecule has 136 valence electrons. The van der Waals surface area contributed by atoms with Crippen LogP contribution in [0, 0.1) is 11.7 Å². The van der Waals surface area contributed by atoms with Gasteiger partial charge in [-0.1, -0.05) is 5.21 Å². The van der Waals surface area contributed by atoms with Crippen LogP contribution in [-0.4, -0.2) is 33.2 Å². The van der Waals surface area contributed by atoms with Gasteiger partial charge >= 0.3 is 0 Å². The number of pyridine rings is 1. The van der Waals surface area contributed by atoms with Gasteiger partial charge in [0.1, 0.15) is 5.82 Å². The number of nitrogens with zero attached hydrogens (tertiary/aromatic N) is 3. The zero-order chi connectivity index (χ0) is 18.1. The summed E-state index contributed by atoms with van der Waals surface area (Å²) >= 11 is 0. The average molecular weight is 357 g/mol. The molecule has 0 spiro atoms. The fourth-order valence-corrected chi connectivity index (χ4v) is 3.32. The largest absolute Gasteiger partial charge is 0.381 e. The summed E-state index contributed by atoms with van der Waals surface area (Å²) in [5.41, 5.74) is 7.66. The molecule has 1 aliphatic rings. The van der Waals surface area contributed by atoms with E-state index >= 15 is 0 Å². The van der Waals surface area contributed by atoms with Gasteiger partial charge < -0.3 is 15.5 Å². The lowest BCUT2D eigenvalue weighted by Gasteiger charge is -2.12. The molecule has 2 unspecified atom stereocenters. The number of nitrogens with two attached hydrogens (primary N) is 1. The number of benzene rings is 1. The molecule has 0 bridgehead atoms. The molecular weight excluding hydrogens is 337 g/mol. The third kappa shape index (κ3) is 3.51. The maximum Gasteiger partial charge on any atom is 0.253 e. The van der Waals surface area contributed by atoms with Crippen molar-refractivity contribution in [3.05, 3.63) is 57.9 Å². The van der Waals surface area contributed by atoms with Gasteiger partial charge in [-0.2, -0.15) is 0 Å². The third-order valence-corrected chi connectivity index (χ3v) is 4.76. The fourth-order valence-electron chi connectivity index (χ4n) is 3.32. The number of fused-ring (bicyclic) bond motifs is 1. The molecule has 0 aliphatic carbocycles. The maximum atomic E-state index is 13.3. The highest BCUT2D eigenvalue weighted by atomic mass is 19.1. The molecule has 1 aliphatic heterocycles. The molecule has 2 aromatic heterocycles. The van der Waals surface area contributed by atoms with Crippen molar-refractivity contribution < 1.29 is 9.13 Å². The van der Waals surface area contributed by atoms with E-state index in [0.29, 0.717) is 22.7 Å². The highest BCUT2D eigenvalue weighted by molar-refractivity contribution is 5.78. The van der Waals surface area contributed by atoms with E-state index in [-0.39, 0.29) is 24.0 Å². The summed E-state index contributed by atoms with van der Waals surface area (Å²) in [6.45, 7) is 1.81. The van der Waals surface area contributed by atoms with Crippen molar-refractivity contribution in [2.45, 2.75) is 25.4 Å². The molecule has 1 saturated heterocycles. The molecule has 3 aromatic rings. The van der Waals surface area contributed by atoms with E-state index in [9.17, 15) is 9.18 Å². The number of aromatic nitrogens is 4. The van der Waals surface area contributed by atoms with Gasteiger partial charge in [-0.15, -0.1) is 5.10 Å². The Hall–Kier alpha value is -2.58. The molecule has 0 radical (unpaired) electrons. The number of hydrogen-bond acceptors (Lipinski definition) is 5. The smallest absolute Gasteiger partial charge is 0.253 e. The van der Waals surface area contributed by atoms with Crippen LogP contribution in [0.2, 0.25) is 0 Å².